The molecule has 2 aliphatic heterocycles. The number of hydrogen-bond donors (Lipinski definition) is 1. The van der Waals surface area contributed by atoms with Crippen LogP contribution in [0.3, 0.4) is 0 Å². The van der Waals surface area contributed by atoms with Crippen molar-refractivity contribution in [3.05, 3.63) is 0 Å². The van der Waals surface area contributed by atoms with Gasteiger partial charge in [-0.1, -0.05) is 20.8 Å². The SMILES string of the molecule is CCN(CC)CC1CCN(C(=O)C2(CC)CCCN2)CC1.Cl.Cl. The number of halogens is 2. The molecule has 23 heavy (non-hydrogen) atoms. The van der Waals surface area contributed by atoms with Gasteiger partial charge in [-0.15, -0.1) is 24.8 Å². The summed E-state index contributed by atoms with van der Waals surface area (Å²) in [5.74, 6) is 1.13. The second-order valence-electron chi connectivity index (χ2n) is 6.69. The Hall–Kier alpha value is -0.0300. The first-order chi connectivity index (χ1) is 10.1. The first-order valence-corrected chi connectivity index (χ1v) is 8.92. The van der Waals surface area contributed by atoms with Crippen molar-refractivity contribution in [3.8, 4) is 0 Å². The molecule has 0 aromatic heterocycles. The zero-order valence-corrected chi connectivity index (χ0v) is 16.6. The highest BCUT2D eigenvalue weighted by molar-refractivity contribution is 5.87. The van der Waals surface area contributed by atoms with Crippen molar-refractivity contribution >= 4 is 30.7 Å². The van der Waals surface area contributed by atoms with Gasteiger partial charge in [-0.25, -0.2) is 0 Å². The van der Waals surface area contributed by atoms with Crippen molar-refractivity contribution in [2.75, 3.05) is 39.3 Å². The Morgan fingerprint density at radius 2 is 1.78 bits per heavy atom. The summed E-state index contributed by atoms with van der Waals surface area (Å²) < 4.78 is 0. The summed E-state index contributed by atoms with van der Waals surface area (Å²) in [5.41, 5.74) is -0.244. The minimum absolute atomic E-state index is 0. The maximum absolute atomic E-state index is 12.8. The van der Waals surface area contributed by atoms with Gasteiger partial charge in [0, 0.05) is 19.6 Å². The maximum atomic E-state index is 12.8. The predicted molar refractivity (Wildman–Crippen MR) is 102 cm³/mol. The van der Waals surface area contributed by atoms with Gasteiger partial charge in [0.25, 0.3) is 0 Å². The number of likely N-dealkylation sites (tertiary alicyclic amines) is 1. The first-order valence-electron chi connectivity index (χ1n) is 8.92. The number of nitrogens with zero attached hydrogens (tertiary/aromatic N) is 2. The van der Waals surface area contributed by atoms with Gasteiger partial charge >= 0.3 is 0 Å². The van der Waals surface area contributed by atoms with E-state index in [1.165, 1.54) is 19.4 Å². The monoisotopic (exact) mass is 367 g/mol. The van der Waals surface area contributed by atoms with E-state index in [4.69, 9.17) is 0 Å². The fourth-order valence-corrected chi connectivity index (χ4v) is 3.91. The minimum atomic E-state index is -0.244. The van der Waals surface area contributed by atoms with Crippen LogP contribution in [-0.2, 0) is 4.79 Å². The molecule has 2 rings (SSSR count). The molecule has 138 valence electrons. The quantitative estimate of drug-likeness (QED) is 0.783. The lowest BCUT2D eigenvalue weighted by molar-refractivity contribution is -0.139. The van der Waals surface area contributed by atoms with Gasteiger partial charge in [-0.3, -0.25) is 4.79 Å². The van der Waals surface area contributed by atoms with Crippen molar-refractivity contribution in [1.82, 2.24) is 15.1 Å². The van der Waals surface area contributed by atoms with E-state index in [9.17, 15) is 4.79 Å². The molecule has 2 aliphatic rings. The van der Waals surface area contributed by atoms with Crippen LogP contribution in [0, 0.1) is 5.92 Å². The molecule has 2 heterocycles. The van der Waals surface area contributed by atoms with Crippen LogP contribution in [0.5, 0.6) is 0 Å². The maximum Gasteiger partial charge on any atom is 0.242 e. The minimum Gasteiger partial charge on any atom is -0.341 e. The molecule has 1 N–H and O–H groups in total. The van der Waals surface area contributed by atoms with E-state index < -0.39 is 0 Å². The second-order valence-corrected chi connectivity index (χ2v) is 6.69. The Labute approximate surface area is 154 Å². The van der Waals surface area contributed by atoms with Crippen LogP contribution in [0.2, 0.25) is 0 Å². The summed E-state index contributed by atoms with van der Waals surface area (Å²) in [6.45, 7) is 13.0. The van der Waals surface area contributed by atoms with Crippen LogP contribution in [-0.4, -0.2) is 60.5 Å². The van der Waals surface area contributed by atoms with Crippen molar-refractivity contribution in [2.45, 2.75) is 58.4 Å². The lowest BCUT2D eigenvalue weighted by Gasteiger charge is -2.39. The molecule has 4 nitrogen and oxygen atoms in total. The normalized spacial score (nSPS) is 25.1. The van der Waals surface area contributed by atoms with Crippen molar-refractivity contribution in [2.24, 2.45) is 5.92 Å². The molecule has 0 radical (unpaired) electrons. The van der Waals surface area contributed by atoms with Gasteiger partial charge < -0.3 is 15.1 Å². The predicted octanol–water partition coefficient (Wildman–Crippen LogP) is 2.94. The van der Waals surface area contributed by atoms with E-state index in [-0.39, 0.29) is 30.4 Å². The Kier molecular flexibility index (Phi) is 10.7. The molecule has 0 aromatic carbocycles. The van der Waals surface area contributed by atoms with Crippen molar-refractivity contribution in [3.63, 3.8) is 0 Å². The smallest absolute Gasteiger partial charge is 0.242 e. The third-order valence-electron chi connectivity index (χ3n) is 5.57. The van der Waals surface area contributed by atoms with Crippen molar-refractivity contribution in [1.29, 1.82) is 0 Å². The van der Waals surface area contributed by atoms with Crippen LogP contribution in [0.1, 0.15) is 52.9 Å². The Bertz CT molecular complexity index is 337. The van der Waals surface area contributed by atoms with Crippen LogP contribution in [0.25, 0.3) is 0 Å². The molecular formula is C17H35Cl2N3O. The molecule has 1 unspecified atom stereocenters. The molecule has 0 spiro atoms. The highest BCUT2D eigenvalue weighted by atomic mass is 35.5. The summed E-state index contributed by atoms with van der Waals surface area (Å²) in [7, 11) is 0. The lowest BCUT2D eigenvalue weighted by atomic mass is 9.89. The topological polar surface area (TPSA) is 35.6 Å². The molecule has 1 amide bonds. The van der Waals surface area contributed by atoms with Crippen molar-refractivity contribution < 1.29 is 4.79 Å². The molecule has 2 fully saturated rings. The van der Waals surface area contributed by atoms with Crippen LogP contribution < -0.4 is 5.32 Å². The van der Waals surface area contributed by atoms with Crippen LogP contribution in [0.15, 0.2) is 0 Å². The first kappa shape index (κ1) is 23.0. The van der Waals surface area contributed by atoms with E-state index in [2.05, 4.69) is 35.9 Å². The highest BCUT2D eigenvalue weighted by Crippen LogP contribution is 2.28. The summed E-state index contributed by atoms with van der Waals surface area (Å²) >= 11 is 0. The van der Waals surface area contributed by atoms with E-state index in [1.807, 2.05) is 0 Å². The standard InChI is InChI=1S/C17H33N3O.2ClH/c1-4-17(10-7-11-18-17)16(21)20-12-8-15(9-13-20)14-19(5-2)6-3;;/h15,18H,4-14H2,1-3H3;2*1H. The third kappa shape index (κ3) is 5.48. The fraction of sp³-hybridized carbons (Fsp3) is 0.941. The Morgan fingerprint density at radius 3 is 2.22 bits per heavy atom. The third-order valence-corrected chi connectivity index (χ3v) is 5.57. The largest absolute Gasteiger partial charge is 0.341 e. The van der Waals surface area contributed by atoms with Gasteiger partial charge in [0.05, 0.1) is 5.54 Å². The number of rotatable bonds is 6. The average Bonchev–Trinajstić information content (AvgIpc) is 3.02. The van der Waals surface area contributed by atoms with Gasteiger partial charge in [-0.2, -0.15) is 0 Å². The van der Waals surface area contributed by atoms with E-state index >= 15 is 0 Å². The van der Waals surface area contributed by atoms with Gasteiger partial charge in [0.1, 0.15) is 0 Å². The molecule has 6 heteroatoms. The number of carbonyl (C=O) groups is 1. The number of nitrogens with one attached hydrogen (secondary N) is 1. The Morgan fingerprint density at radius 1 is 1.17 bits per heavy atom. The molecule has 0 saturated carbocycles. The molecule has 1 atom stereocenters. The fourth-order valence-electron chi connectivity index (χ4n) is 3.91. The molecule has 2 saturated heterocycles. The zero-order chi connectivity index (χ0) is 15.3. The summed E-state index contributed by atoms with van der Waals surface area (Å²) in [4.78, 5) is 17.5. The van der Waals surface area contributed by atoms with E-state index in [0.717, 1.165) is 57.9 Å². The number of carbonyl (C=O) groups excluding carboxylic acids is 1. The molecule has 0 aromatic rings. The number of piperidine rings is 1. The number of amides is 1. The molecular weight excluding hydrogens is 333 g/mol. The summed E-state index contributed by atoms with van der Waals surface area (Å²) in [5, 5.41) is 3.48. The zero-order valence-electron chi connectivity index (χ0n) is 15.0. The second kappa shape index (κ2) is 10.8. The van der Waals surface area contributed by atoms with Gasteiger partial charge in [0.15, 0.2) is 0 Å². The number of hydrogen-bond acceptors (Lipinski definition) is 3. The van der Waals surface area contributed by atoms with Gasteiger partial charge in [-0.05, 0) is 57.7 Å². The highest BCUT2D eigenvalue weighted by Gasteiger charge is 2.42. The average molecular weight is 368 g/mol. The van der Waals surface area contributed by atoms with Crippen LogP contribution >= 0.6 is 24.8 Å². The summed E-state index contributed by atoms with van der Waals surface area (Å²) in [6.07, 6.45) is 5.41. The Balaban J connectivity index is 0.00000242. The molecule has 0 bridgehead atoms. The van der Waals surface area contributed by atoms with E-state index in [0.29, 0.717) is 5.91 Å². The molecule has 0 aliphatic carbocycles. The summed E-state index contributed by atoms with van der Waals surface area (Å²) in [6, 6.07) is 0. The van der Waals surface area contributed by atoms with E-state index in [1.54, 1.807) is 0 Å². The van der Waals surface area contributed by atoms with Gasteiger partial charge in [0.2, 0.25) is 5.91 Å². The lowest BCUT2D eigenvalue weighted by Crippen LogP contribution is -2.56. The van der Waals surface area contributed by atoms with Crippen LogP contribution in [0.4, 0.5) is 0 Å².